The first-order valence-electron chi connectivity index (χ1n) is 9.38. The first-order chi connectivity index (χ1) is 15.0. The van der Waals surface area contributed by atoms with Crippen molar-refractivity contribution < 1.29 is 14.6 Å². The first kappa shape index (κ1) is 20.5. The van der Waals surface area contributed by atoms with Gasteiger partial charge in [0.15, 0.2) is 17.1 Å². The van der Waals surface area contributed by atoms with E-state index in [1.807, 2.05) is 30.3 Å². The molecule has 0 radical (unpaired) electrons. The number of nitrogens with zero attached hydrogens (tertiary/aromatic N) is 3. The number of fused-ring (bicyclic) bond motifs is 1. The normalized spacial score (nSPS) is 11.9. The Hall–Kier alpha value is -3.79. The number of imidazole rings is 1. The number of H-pyrrole nitrogens is 1. The summed E-state index contributed by atoms with van der Waals surface area (Å²) in [5.41, 5.74) is 8.40. The molecule has 0 aliphatic heterocycles. The molecule has 31 heavy (non-hydrogen) atoms. The summed E-state index contributed by atoms with van der Waals surface area (Å²) in [6.07, 6.45) is 1.98. The van der Waals surface area contributed by atoms with E-state index in [-0.39, 0.29) is 23.4 Å². The van der Waals surface area contributed by atoms with Gasteiger partial charge in [0.1, 0.15) is 10.5 Å². The van der Waals surface area contributed by atoms with Gasteiger partial charge in [0, 0.05) is 11.8 Å². The molecule has 0 aliphatic carbocycles. The van der Waals surface area contributed by atoms with Crippen LogP contribution in [-0.2, 0) is 11.2 Å². The number of benzene rings is 2. The number of carbonyl (C=O) groups is 1. The lowest BCUT2D eigenvalue weighted by Crippen LogP contribution is -2.27. The predicted molar refractivity (Wildman–Crippen MR) is 119 cm³/mol. The van der Waals surface area contributed by atoms with E-state index < -0.39 is 5.25 Å². The van der Waals surface area contributed by atoms with Crippen LogP contribution in [0.1, 0.15) is 5.56 Å². The number of carbonyl (C=O) groups excluding carboxylic acids is 1. The van der Waals surface area contributed by atoms with Crippen molar-refractivity contribution in [1.82, 2.24) is 19.9 Å². The highest BCUT2D eigenvalue weighted by Gasteiger charge is 2.24. The van der Waals surface area contributed by atoms with Gasteiger partial charge >= 0.3 is 0 Å². The molecule has 0 saturated carbocycles. The standard InChI is InChI=1S/C21H20N6O3S/c1-30-15-10-13(7-8-14(15)28)25-19(29)16(9-12-5-3-2-4-6-12)31-20-17-18(24-11-23-17)26-21(22)27-20/h2-8,10-11,16,28H,9H2,1H3,(H,25,29)(H3,22,23,24,26,27)/t16-/m1/s1. The van der Waals surface area contributed by atoms with E-state index in [0.29, 0.717) is 28.3 Å². The van der Waals surface area contributed by atoms with Gasteiger partial charge < -0.3 is 25.9 Å². The zero-order chi connectivity index (χ0) is 21.8. The van der Waals surface area contributed by atoms with E-state index in [9.17, 15) is 9.90 Å². The molecule has 1 atom stereocenters. The predicted octanol–water partition coefficient (Wildman–Crippen LogP) is 2.99. The number of hydrogen-bond acceptors (Lipinski definition) is 8. The van der Waals surface area contributed by atoms with E-state index in [4.69, 9.17) is 10.5 Å². The molecule has 158 valence electrons. The van der Waals surface area contributed by atoms with Crippen molar-refractivity contribution in [3.8, 4) is 11.5 Å². The minimum Gasteiger partial charge on any atom is -0.504 e. The number of nitrogen functional groups attached to an aromatic ring is 1. The smallest absolute Gasteiger partial charge is 0.238 e. The summed E-state index contributed by atoms with van der Waals surface area (Å²) in [5.74, 6) is 0.122. The van der Waals surface area contributed by atoms with E-state index in [0.717, 1.165) is 5.56 Å². The number of anilines is 2. The summed E-state index contributed by atoms with van der Waals surface area (Å²) in [5, 5.41) is 12.7. The molecule has 0 bridgehead atoms. The topological polar surface area (TPSA) is 139 Å². The molecule has 2 heterocycles. The van der Waals surface area contributed by atoms with Crippen LogP contribution in [0.2, 0.25) is 0 Å². The Morgan fingerprint density at radius 2 is 2.06 bits per heavy atom. The Kier molecular flexibility index (Phi) is 5.89. The second kappa shape index (κ2) is 8.92. The van der Waals surface area contributed by atoms with Crippen LogP contribution in [0.15, 0.2) is 59.9 Å². The Balaban J connectivity index is 1.63. The van der Waals surface area contributed by atoms with Gasteiger partial charge in [-0.15, -0.1) is 0 Å². The highest BCUT2D eigenvalue weighted by molar-refractivity contribution is 8.00. The third-order valence-corrected chi connectivity index (χ3v) is 5.71. The van der Waals surface area contributed by atoms with E-state index in [2.05, 4.69) is 25.3 Å². The summed E-state index contributed by atoms with van der Waals surface area (Å²) < 4.78 is 5.12. The number of rotatable bonds is 7. The second-order valence-electron chi connectivity index (χ2n) is 6.66. The van der Waals surface area contributed by atoms with Gasteiger partial charge in [0.25, 0.3) is 0 Å². The Morgan fingerprint density at radius 1 is 1.26 bits per heavy atom. The number of aromatic amines is 1. The lowest BCUT2D eigenvalue weighted by atomic mass is 10.1. The zero-order valence-corrected chi connectivity index (χ0v) is 17.4. The average Bonchev–Trinajstić information content (AvgIpc) is 3.24. The van der Waals surface area contributed by atoms with Gasteiger partial charge in [-0.1, -0.05) is 42.1 Å². The number of thioether (sulfide) groups is 1. The van der Waals surface area contributed by atoms with Crippen LogP contribution < -0.4 is 15.8 Å². The SMILES string of the molecule is COc1cc(NC(=O)[C@@H](Cc2ccccc2)Sc2nc(N)nc3nc[nH]c23)ccc1O. The number of nitrogens with two attached hydrogens (primary N) is 1. The molecule has 0 unspecified atom stereocenters. The quantitative estimate of drug-likeness (QED) is 0.197. The third kappa shape index (κ3) is 4.69. The van der Waals surface area contributed by atoms with Crippen molar-refractivity contribution >= 4 is 40.5 Å². The van der Waals surface area contributed by atoms with Crippen molar-refractivity contribution in [1.29, 1.82) is 0 Å². The van der Waals surface area contributed by atoms with Crippen molar-refractivity contribution in [2.75, 3.05) is 18.2 Å². The van der Waals surface area contributed by atoms with Crippen molar-refractivity contribution in [3.63, 3.8) is 0 Å². The number of methoxy groups -OCH3 is 1. The zero-order valence-electron chi connectivity index (χ0n) is 16.6. The molecule has 0 saturated heterocycles. The molecule has 4 rings (SSSR count). The lowest BCUT2D eigenvalue weighted by molar-refractivity contribution is -0.115. The minimum atomic E-state index is -0.525. The fourth-order valence-corrected chi connectivity index (χ4v) is 4.16. The van der Waals surface area contributed by atoms with Gasteiger partial charge in [-0.05, 0) is 24.1 Å². The van der Waals surface area contributed by atoms with Crippen LogP contribution >= 0.6 is 11.8 Å². The van der Waals surface area contributed by atoms with Gasteiger partial charge in [-0.25, -0.2) is 9.97 Å². The Labute approximate surface area is 182 Å². The van der Waals surface area contributed by atoms with Crippen LogP contribution in [0, 0.1) is 0 Å². The molecule has 2 aromatic heterocycles. The number of ether oxygens (including phenoxy) is 1. The van der Waals surface area contributed by atoms with Crippen LogP contribution in [0.5, 0.6) is 11.5 Å². The minimum absolute atomic E-state index is 0.00573. The maximum Gasteiger partial charge on any atom is 0.238 e. The van der Waals surface area contributed by atoms with Gasteiger partial charge in [0.05, 0.1) is 18.7 Å². The fraction of sp³-hybridized carbons (Fsp3) is 0.143. The number of phenolic OH excluding ortho intramolecular Hbond substituents is 1. The molecule has 10 heteroatoms. The van der Waals surface area contributed by atoms with E-state index in [1.54, 1.807) is 12.1 Å². The van der Waals surface area contributed by atoms with Crippen LogP contribution in [0.4, 0.5) is 11.6 Å². The van der Waals surface area contributed by atoms with Crippen molar-refractivity contribution in [2.24, 2.45) is 0 Å². The maximum absolute atomic E-state index is 13.2. The molecule has 0 spiro atoms. The molecular weight excluding hydrogens is 416 g/mol. The summed E-state index contributed by atoms with van der Waals surface area (Å²) >= 11 is 1.28. The van der Waals surface area contributed by atoms with Crippen LogP contribution in [0.3, 0.4) is 0 Å². The summed E-state index contributed by atoms with van der Waals surface area (Å²) in [7, 11) is 1.45. The van der Waals surface area contributed by atoms with Crippen molar-refractivity contribution in [2.45, 2.75) is 16.7 Å². The van der Waals surface area contributed by atoms with Gasteiger partial charge in [0.2, 0.25) is 11.9 Å². The number of aromatic nitrogens is 4. The molecular formula is C21H20N6O3S. The number of phenols is 1. The molecule has 9 nitrogen and oxygen atoms in total. The van der Waals surface area contributed by atoms with Crippen LogP contribution in [-0.4, -0.2) is 43.3 Å². The lowest BCUT2D eigenvalue weighted by Gasteiger charge is -2.17. The maximum atomic E-state index is 13.2. The van der Waals surface area contributed by atoms with E-state index in [1.165, 1.54) is 31.3 Å². The number of aromatic hydroxyl groups is 1. The highest BCUT2D eigenvalue weighted by atomic mass is 32.2. The van der Waals surface area contributed by atoms with Crippen LogP contribution in [0.25, 0.3) is 11.2 Å². The summed E-state index contributed by atoms with van der Waals surface area (Å²) in [6, 6.07) is 14.3. The molecule has 0 aliphatic rings. The molecule has 1 amide bonds. The first-order valence-corrected chi connectivity index (χ1v) is 10.3. The van der Waals surface area contributed by atoms with Gasteiger partial charge in [-0.2, -0.15) is 4.98 Å². The van der Waals surface area contributed by atoms with Gasteiger partial charge in [-0.3, -0.25) is 4.79 Å². The summed E-state index contributed by atoms with van der Waals surface area (Å²) in [4.78, 5) is 28.8. The fourth-order valence-electron chi connectivity index (χ4n) is 3.04. The molecule has 4 aromatic rings. The van der Waals surface area contributed by atoms with E-state index >= 15 is 0 Å². The Bertz CT molecular complexity index is 1210. The molecule has 0 fully saturated rings. The molecule has 2 aromatic carbocycles. The third-order valence-electron chi connectivity index (χ3n) is 4.53. The molecule has 5 N–H and O–H groups in total. The highest BCUT2D eigenvalue weighted by Crippen LogP contribution is 2.32. The Morgan fingerprint density at radius 3 is 2.84 bits per heavy atom. The number of hydrogen-bond donors (Lipinski definition) is 4. The summed E-state index contributed by atoms with van der Waals surface area (Å²) in [6.45, 7) is 0. The monoisotopic (exact) mass is 436 g/mol. The average molecular weight is 436 g/mol. The second-order valence-corrected chi connectivity index (χ2v) is 7.85. The largest absolute Gasteiger partial charge is 0.504 e. The number of amides is 1. The number of nitrogens with one attached hydrogen (secondary N) is 2. The van der Waals surface area contributed by atoms with Crippen molar-refractivity contribution in [3.05, 3.63) is 60.4 Å².